The summed E-state index contributed by atoms with van der Waals surface area (Å²) in [7, 11) is -2.32. The Bertz CT molecular complexity index is 610. The second-order valence-electron chi connectivity index (χ2n) is 5.33. The van der Waals surface area contributed by atoms with Gasteiger partial charge in [-0.1, -0.05) is 24.3 Å². The van der Waals surface area contributed by atoms with Crippen LogP contribution in [0.4, 0.5) is 0 Å². The summed E-state index contributed by atoms with van der Waals surface area (Å²) in [6.07, 6.45) is 1.64. The third-order valence-electron chi connectivity index (χ3n) is 3.68. The van der Waals surface area contributed by atoms with E-state index >= 15 is 0 Å². The Hall–Kier alpha value is -1.59. The molecule has 1 fully saturated rings. The van der Waals surface area contributed by atoms with Crippen LogP contribution < -0.4 is 0 Å². The minimum Gasteiger partial charge on any atom is -0.336 e. The van der Waals surface area contributed by atoms with Gasteiger partial charge in [0.25, 0.3) is 5.91 Å². The van der Waals surface area contributed by atoms with Crippen molar-refractivity contribution in [3.63, 3.8) is 0 Å². The number of amides is 1. The molecule has 2 unspecified atom stereocenters. The predicted molar refractivity (Wildman–Crippen MR) is 88.8 cm³/mol. The Morgan fingerprint density at radius 3 is 2.62 bits per heavy atom. The first kappa shape index (κ1) is 15.8. The van der Waals surface area contributed by atoms with Crippen LogP contribution >= 0.6 is 0 Å². The first-order valence-corrected chi connectivity index (χ1v) is 8.88. The van der Waals surface area contributed by atoms with Crippen LogP contribution in [0.1, 0.15) is 17.3 Å². The molecule has 0 aliphatic carbocycles. The average molecular weight is 306 g/mol. The molecule has 0 radical (unpaired) electrons. The van der Waals surface area contributed by atoms with Gasteiger partial charge in [-0.25, -0.2) is 4.31 Å². The molecule has 1 aliphatic heterocycles. The average Bonchev–Trinajstić information content (AvgIpc) is 2.47. The van der Waals surface area contributed by atoms with E-state index in [1.54, 1.807) is 6.08 Å². The molecule has 1 aromatic rings. The maximum absolute atomic E-state index is 12.5. The van der Waals surface area contributed by atoms with Crippen LogP contribution in [0.25, 0.3) is 0 Å². The first-order valence-electron chi connectivity index (χ1n) is 7.02. The maximum Gasteiger partial charge on any atom is 0.253 e. The molecular weight excluding hydrogens is 284 g/mol. The van der Waals surface area contributed by atoms with E-state index in [1.165, 1.54) is 0 Å². The number of benzene rings is 1. The molecule has 4 nitrogen and oxygen atoms in total. The topological polar surface area (TPSA) is 40.6 Å². The Labute approximate surface area is 127 Å². The lowest BCUT2D eigenvalue weighted by molar-refractivity contribution is 0.0647. The minimum absolute atomic E-state index is 0.0244. The normalized spacial score (nSPS) is 22.5. The van der Waals surface area contributed by atoms with Crippen molar-refractivity contribution in [1.29, 1.82) is 0 Å². The molecule has 5 heteroatoms. The highest BCUT2D eigenvalue weighted by Crippen LogP contribution is 2.17. The van der Waals surface area contributed by atoms with Crippen molar-refractivity contribution < 1.29 is 9.00 Å². The zero-order chi connectivity index (χ0) is 15.5. The Kier molecular flexibility index (Phi) is 4.85. The quantitative estimate of drug-likeness (QED) is 0.627. The largest absolute Gasteiger partial charge is 0.336 e. The molecule has 1 heterocycles. The van der Waals surface area contributed by atoms with Gasteiger partial charge >= 0.3 is 0 Å². The van der Waals surface area contributed by atoms with E-state index in [4.69, 9.17) is 0 Å². The van der Waals surface area contributed by atoms with Crippen LogP contribution in [-0.4, -0.2) is 56.6 Å². The highest BCUT2D eigenvalue weighted by atomic mass is 32.2. The predicted octanol–water partition coefficient (Wildman–Crippen LogP) is 1.65. The van der Waals surface area contributed by atoms with Crippen LogP contribution in [0, 0.1) is 0 Å². The van der Waals surface area contributed by atoms with Gasteiger partial charge in [0.15, 0.2) is 0 Å². The van der Waals surface area contributed by atoms with E-state index in [9.17, 15) is 9.00 Å². The van der Waals surface area contributed by atoms with E-state index in [2.05, 4.69) is 12.4 Å². The van der Waals surface area contributed by atoms with E-state index < -0.39 is 9.71 Å². The van der Waals surface area contributed by atoms with Gasteiger partial charge in [0.2, 0.25) is 0 Å². The van der Waals surface area contributed by atoms with Crippen molar-refractivity contribution in [2.45, 2.75) is 13.0 Å². The van der Waals surface area contributed by atoms with Crippen LogP contribution in [0.2, 0.25) is 0 Å². The molecule has 1 aliphatic rings. The molecule has 0 bridgehead atoms. The molecule has 1 amide bonds. The maximum atomic E-state index is 12.5. The Morgan fingerprint density at radius 1 is 1.38 bits per heavy atom. The zero-order valence-corrected chi connectivity index (χ0v) is 13.2. The van der Waals surface area contributed by atoms with Gasteiger partial charge in [-0.05, 0) is 24.9 Å². The third kappa shape index (κ3) is 3.54. The lowest BCUT2D eigenvalue weighted by Gasteiger charge is -2.40. The zero-order valence-electron chi connectivity index (χ0n) is 12.4. The Balaban J connectivity index is 2.07. The third-order valence-corrected chi connectivity index (χ3v) is 5.83. The second-order valence-corrected chi connectivity index (χ2v) is 7.68. The summed E-state index contributed by atoms with van der Waals surface area (Å²) in [5.74, 6) is 4.25. The summed E-state index contributed by atoms with van der Waals surface area (Å²) in [4.78, 5) is 14.3. The highest BCUT2D eigenvalue weighted by Gasteiger charge is 2.30. The molecule has 0 aromatic heterocycles. The summed E-state index contributed by atoms with van der Waals surface area (Å²) in [6.45, 7) is 7.34. The molecular formula is C16H22N2O2S. The van der Waals surface area contributed by atoms with E-state index in [0.717, 1.165) is 0 Å². The number of carbonyl (C=O) groups excluding carboxylic acids is 1. The number of carbonyl (C=O) groups is 1. The number of piperazine rings is 1. The van der Waals surface area contributed by atoms with Crippen molar-refractivity contribution in [3.8, 4) is 0 Å². The summed E-state index contributed by atoms with van der Waals surface area (Å²) >= 11 is 0. The fourth-order valence-electron chi connectivity index (χ4n) is 2.66. The fourth-order valence-corrected chi connectivity index (χ4v) is 4.36. The van der Waals surface area contributed by atoms with Crippen molar-refractivity contribution in [2.24, 2.45) is 0 Å². The first-order chi connectivity index (χ1) is 9.95. The van der Waals surface area contributed by atoms with Crippen molar-refractivity contribution in [2.75, 3.05) is 25.4 Å². The van der Waals surface area contributed by atoms with Gasteiger partial charge < -0.3 is 4.90 Å². The fraction of sp³-hybridized carbons (Fsp3) is 0.375. The van der Waals surface area contributed by atoms with Gasteiger partial charge in [0.05, 0.1) is 0 Å². The second kappa shape index (κ2) is 6.45. The summed E-state index contributed by atoms with van der Waals surface area (Å²) in [5, 5.41) is 0. The molecule has 1 aromatic carbocycles. The minimum atomic E-state index is -2.32. The summed E-state index contributed by atoms with van der Waals surface area (Å²) < 4.78 is 14.4. The van der Waals surface area contributed by atoms with Crippen molar-refractivity contribution in [3.05, 3.63) is 48.6 Å². The van der Waals surface area contributed by atoms with Crippen molar-refractivity contribution in [1.82, 2.24) is 9.21 Å². The monoisotopic (exact) mass is 306 g/mol. The van der Waals surface area contributed by atoms with Gasteiger partial charge in [-0.2, -0.15) is 0 Å². The number of rotatable bonds is 4. The number of hydrogen-bond donors (Lipinski definition) is 0. The lowest BCUT2D eigenvalue weighted by atomic mass is 10.1. The molecule has 2 atom stereocenters. The molecule has 2 rings (SSSR count). The molecule has 1 saturated heterocycles. The molecule has 0 spiro atoms. The van der Waals surface area contributed by atoms with E-state index in [0.29, 0.717) is 31.0 Å². The van der Waals surface area contributed by atoms with Crippen LogP contribution in [0.5, 0.6) is 0 Å². The van der Waals surface area contributed by atoms with Gasteiger partial charge in [0.1, 0.15) is 0 Å². The van der Waals surface area contributed by atoms with E-state index in [-0.39, 0.29) is 11.9 Å². The van der Waals surface area contributed by atoms with Crippen molar-refractivity contribution >= 4 is 21.5 Å². The molecule has 114 valence electrons. The van der Waals surface area contributed by atoms with Crippen LogP contribution in [0.3, 0.4) is 0 Å². The van der Waals surface area contributed by atoms with Gasteiger partial charge in [-0.3, -0.25) is 9.00 Å². The van der Waals surface area contributed by atoms with Crippen LogP contribution in [-0.2, 0) is 9.71 Å². The van der Waals surface area contributed by atoms with Gasteiger partial charge in [0, 0.05) is 46.7 Å². The lowest BCUT2D eigenvalue weighted by Crippen LogP contribution is -2.55. The van der Waals surface area contributed by atoms with Crippen LogP contribution in [0.15, 0.2) is 43.0 Å². The van der Waals surface area contributed by atoms with Gasteiger partial charge in [-0.15, -0.1) is 6.58 Å². The molecule has 0 saturated carbocycles. The highest BCUT2D eigenvalue weighted by molar-refractivity contribution is 7.98. The smallest absolute Gasteiger partial charge is 0.253 e. The SMILES string of the molecule is C=CCS(=C)(=O)N1CCN(C(=O)c2ccccc2)CC1C. The van der Waals surface area contributed by atoms with E-state index in [1.807, 2.05) is 46.5 Å². The molecule has 0 N–H and O–H groups in total. The number of nitrogens with zero attached hydrogens (tertiary/aromatic N) is 2. The standard InChI is InChI=1S/C16H22N2O2S/c1-4-12-21(3,20)18-11-10-17(13-14(18)2)16(19)15-8-6-5-7-9-15/h4-9,14H,1,3,10-13H2,2H3. The number of hydrogen-bond acceptors (Lipinski definition) is 2. The Morgan fingerprint density at radius 2 is 2.05 bits per heavy atom. The molecule has 21 heavy (non-hydrogen) atoms. The summed E-state index contributed by atoms with van der Waals surface area (Å²) in [5.41, 5.74) is 0.694. The summed E-state index contributed by atoms with van der Waals surface area (Å²) in [6, 6.07) is 9.28.